The number of fused-ring (bicyclic) bond motifs is 1. The van der Waals surface area contributed by atoms with Crippen LogP contribution in [0.3, 0.4) is 0 Å². The summed E-state index contributed by atoms with van der Waals surface area (Å²) in [7, 11) is 0. The number of amides is 1. The van der Waals surface area contributed by atoms with Crippen LogP contribution in [0.2, 0.25) is 0 Å². The fourth-order valence-electron chi connectivity index (χ4n) is 2.75. The van der Waals surface area contributed by atoms with Crippen molar-refractivity contribution in [3.8, 4) is 0 Å². The van der Waals surface area contributed by atoms with Crippen LogP contribution in [-0.2, 0) is 20.9 Å². The molecule has 0 bridgehead atoms. The molecule has 3 rings (SSSR count). The molecule has 1 amide bonds. The van der Waals surface area contributed by atoms with Crippen molar-refractivity contribution in [2.45, 2.75) is 19.6 Å². The largest absolute Gasteiger partial charge is 0.459 e. The van der Waals surface area contributed by atoms with Gasteiger partial charge in [0.1, 0.15) is 12.6 Å². The van der Waals surface area contributed by atoms with Gasteiger partial charge >= 0.3 is 5.97 Å². The Kier molecular flexibility index (Phi) is 6.00. The fraction of sp³-hybridized carbons (Fsp3) is 0.130. The molecule has 3 aromatic rings. The number of carbonyl (C=O) groups is 2. The van der Waals surface area contributed by atoms with Gasteiger partial charge in [-0.25, -0.2) is 4.79 Å². The molecule has 0 aliphatic carbocycles. The minimum absolute atomic E-state index is 0.167. The van der Waals surface area contributed by atoms with Gasteiger partial charge < -0.3 is 10.1 Å². The number of esters is 1. The van der Waals surface area contributed by atoms with E-state index < -0.39 is 12.0 Å². The summed E-state index contributed by atoms with van der Waals surface area (Å²) < 4.78 is 5.38. The minimum atomic E-state index is -0.729. The van der Waals surface area contributed by atoms with Crippen molar-refractivity contribution in [3.05, 3.63) is 90.0 Å². The Morgan fingerprint density at radius 3 is 2.48 bits per heavy atom. The Bertz CT molecular complexity index is 958. The van der Waals surface area contributed by atoms with Gasteiger partial charge in [0.25, 0.3) is 0 Å². The van der Waals surface area contributed by atoms with E-state index in [0.717, 1.165) is 21.9 Å². The summed E-state index contributed by atoms with van der Waals surface area (Å²) in [6.07, 6.45) is 3.10. The molecule has 0 aromatic heterocycles. The van der Waals surface area contributed by atoms with Crippen molar-refractivity contribution in [1.29, 1.82) is 0 Å². The van der Waals surface area contributed by atoms with E-state index in [1.165, 1.54) is 6.08 Å². The maximum Gasteiger partial charge on any atom is 0.328 e. The lowest BCUT2D eigenvalue weighted by molar-refractivity contribution is -0.148. The van der Waals surface area contributed by atoms with Crippen molar-refractivity contribution in [2.24, 2.45) is 0 Å². The third-order valence-corrected chi connectivity index (χ3v) is 4.19. The Labute approximate surface area is 158 Å². The zero-order chi connectivity index (χ0) is 19.1. The molecule has 3 aromatic carbocycles. The lowest BCUT2D eigenvalue weighted by atomic mass is 10.1. The topological polar surface area (TPSA) is 55.4 Å². The van der Waals surface area contributed by atoms with E-state index in [4.69, 9.17) is 4.74 Å². The van der Waals surface area contributed by atoms with E-state index in [1.807, 2.05) is 72.8 Å². The molecule has 0 unspecified atom stereocenters. The molecule has 1 atom stereocenters. The van der Waals surface area contributed by atoms with E-state index in [9.17, 15) is 9.59 Å². The van der Waals surface area contributed by atoms with Crippen LogP contribution in [0.4, 0.5) is 0 Å². The van der Waals surface area contributed by atoms with Crippen molar-refractivity contribution >= 4 is 28.7 Å². The summed E-state index contributed by atoms with van der Waals surface area (Å²) in [6, 6.07) is 22.6. The average Bonchev–Trinajstić information content (AvgIpc) is 2.71. The molecule has 1 N–H and O–H groups in total. The Hall–Kier alpha value is -3.40. The Morgan fingerprint density at radius 2 is 1.67 bits per heavy atom. The lowest BCUT2D eigenvalue weighted by Gasteiger charge is -2.13. The molecule has 0 saturated carbocycles. The van der Waals surface area contributed by atoms with Crippen LogP contribution < -0.4 is 5.32 Å². The van der Waals surface area contributed by atoms with Crippen LogP contribution >= 0.6 is 0 Å². The molecule has 4 heteroatoms. The standard InChI is InChI=1S/C23H21NO3/c1-17(24-22(25)15-14-18-8-3-2-4-9-18)23(26)27-16-20-12-7-11-19-10-5-6-13-21(19)20/h2-15,17H,16H2,1H3,(H,24,25)/b15-14+/t17-/m0/s1. The third-order valence-electron chi connectivity index (χ3n) is 4.19. The number of hydrogen-bond acceptors (Lipinski definition) is 3. The number of rotatable bonds is 6. The first-order valence-corrected chi connectivity index (χ1v) is 8.80. The number of hydrogen-bond donors (Lipinski definition) is 1. The molecule has 27 heavy (non-hydrogen) atoms. The van der Waals surface area contributed by atoms with Crippen LogP contribution in [0.5, 0.6) is 0 Å². The van der Waals surface area contributed by atoms with Gasteiger partial charge in [0.05, 0.1) is 0 Å². The predicted octanol–water partition coefficient (Wildman–Crippen LogP) is 4.10. The summed E-state index contributed by atoms with van der Waals surface area (Å²) in [5.41, 5.74) is 1.85. The van der Waals surface area contributed by atoms with E-state index in [2.05, 4.69) is 5.32 Å². The van der Waals surface area contributed by atoms with Crippen LogP contribution in [0, 0.1) is 0 Å². The molecule has 0 heterocycles. The maximum absolute atomic E-state index is 12.2. The SMILES string of the molecule is C[C@H](NC(=O)/C=C/c1ccccc1)C(=O)OCc1cccc2ccccc12. The van der Waals surface area contributed by atoms with Gasteiger partial charge in [-0.05, 0) is 34.9 Å². The van der Waals surface area contributed by atoms with E-state index in [-0.39, 0.29) is 12.5 Å². The quantitative estimate of drug-likeness (QED) is 0.532. The normalized spacial score (nSPS) is 12.0. The van der Waals surface area contributed by atoms with Gasteiger partial charge in [-0.2, -0.15) is 0 Å². The third kappa shape index (κ3) is 5.05. The van der Waals surface area contributed by atoms with Gasteiger partial charge in [0.15, 0.2) is 0 Å². The highest BCUT2D eigenvalue weighted by Crippen LogP contribution is 2.19. The summed E-state index contributed by atoms with van der Waals surface area (Å²) >= 11 is 0. The Balaban J connectivity index is 1.54. The van der Waals surface area contributed by atoms with Gasteiger partial charge in [0, 0.05) is 6.08 Å². The zero-order valence-electron chi connectivity index (χ0n) is 15.1. The van der Waals surface area contributed by atoms with Crippen LogP contribution in [0.25, 0.3) is 16.8 Å². The number of carbonyl (C=O) groups excluding carboxylic acids is 2. The van der Waals surface area contributed by atoms with E-state index in [1.54, 1.807) is 13.0 Å². The molecule has 136 valence electrons. The van der Waals surface area contributed by atoms with Crippen LogP contribution in [0.15, 0.2) is 78.9 Å². The van der Waals surface area contributed by atoms with Gasteiger partial charge in [-0.1, -0.05) is 72.8 Å². The summed E-state index contributed by atoms with van der Waals surface area (Å²) in [5.74, 6) is -0.808. The molecular weight excluding hydrogens is 338 g/mol. The van der Waals surface area contributed by atoms with Crippen LogP contribution in [-0.4, -0.2) is 17.9 Å². The number of nitrogens with one attached hydrogen (secondary N) is 1. The monoisotopic (exact) mass is 359 g/mol. The molecule has 0 aliphatic rings. The second-order valence-corrected chi connectivity index (χ2v) is 6.22. The Morgan fingerprint density at radius 1 is 0.963 bits per heavy atom. The minimum Gasteiger partial charge on any atom is -0.459 e. The predicted molar refractivity (Wildman–Crippen MR) is 107 cm³/mol. The molecule has 0 saturated heterocycles. The first kappa shape index (κ1) is 18.4. The summed E-state index contributed by atoms with van der Waals surface area (Å²) in [5, 5.41) is 4.77. The molecular formula is C23H21NO3. The highest BCUT2D eigenvalue weighted by molar-refractivity contribution is 5.94. The number of ether oxygens (including phenoxy) is 1. The first-order valence-electron chi connectivity index (χ1n) is 8.80. The highest BCUT2D eigenvalue weighted by atomic mass is 16.5. The fourth-order valence-corrected chi connectivity index (χ4v) is 2.75. The summed E-state index contributed by atoms with van der Waals surface area (Å²) in [6.45, 7) is 1.78. The van der Waals surface area contributed by atoms with Gasteiger partial charge in [-0.15, -0.1) is 0 Å². The average molecular weight is 359 g/mol. The summed E-state index contributed by atoms with van der Waals surface area (Å²) in [4.78, 5) is 24.2. The van der Waals surface area contributed by atoms with Crippen molar-refractivity contribution in [1.82, 2.24) is 5.32 Å². The van der Waals surface area contributed by atoms with Crippen LogP contribution in [0.1, 0.15) is 18.1 Å². The lowest BCUT2D eigenvalue weighted by Crippen LogP contribution is -2.38. The van der Waals surface area contributed by atoms with Crippen molar-refractivity contribution in [2.75, 3.05) is 0 Å². The van der Waals surface area contributed by atoms with Gasteiger partial charge in [-0.3, -0.25) is 4.79 Å². The molecule has 0 spiro atoms. The van der Waals surface area contributed by atoms with Crippen molar-refractivity contribution in [3.63, 3.8) is 0 Å². The maximum atomic E-state index is 12.2. The molecule has 0 fully saturated rings. The second-order valence-electron chi connectivity index (χ2n) is 6.22. The van der Waals surface area contributed by atoms with E-state index in [0.29, 0.717) is 0 Å². The molecule has 0 radical (unpaired) electrons. The smallest absolute Gasteiger partial charge is 0.328 e. The molecule has 4 nitrogen and oxygen atoms in total. The van der Waals surface area contributed by atoms with E-state index >= 15 is 0 Å². The molecule has 0 aliphatic heterocycles. The number of benzene rings is 3. The first-order chi connectivity index (χ1) is 13.1. The second kappa shape index (κ2) is 8.81. The van der Waals surface area contributed by atoms with Gasteiger partial charge in [0.2, 0.25) is 5.91 Å². The van der Waals surface area contributed by atoms with Crippen molar-refractivity contribution < 1.29 is 14.3 Å². The zero-order valence-corrected chi connectivity index (χ0v) is 15.1. The highest BCUT2D eigenvalue weighted by Gasteiger charge is 2.16.